The molecule has 0 N–H and O–H groups in total. The summed E-state index contributed by atoms with van der Waals surface area (Å²) in [5.74, 6) is -0.128. The quantitative estimate of drug-likeness (QED) is 0.546. The molecule has 0 saturated carbocycles. The van der Waals surface area contributed by atoms with Crippen molar-refractivity contribution in [3.8, 4) is 11.3 Å². The van der Waals surface area contributed by atoms with E-state index in [4.69, 9.17) is 0 Å². The molecule has 0 radical (unpaired) electrons. The lowest BCUT2D eigenvalue weighted by atomic mass is 10.0. The molecule has 0 aromatic carbocycles. The van der Waals surface area contributed by atoms with Crippen LogP contribution in [0.15, 0.2) is 42.9 Å². The summed E-state index contributed by atoms with van der Waals surface area (Å²) in [7, 11) is 1.86. The summed E-state index contributed by atoms with van der Waals surface area (Å²) in [5, 5.41) is 14.9. The summed E-state index contributed by atoms with van der Waals surface area (Å²) < 4.78 is 1.73. The first-order valence-corrected chi connectivity index (χ1v) is 7.08. The molecule has 0 saturated heterocycles. The largest absolute Gasteiger partial charge is 0.363 e. The van der Waals surface area contributed by atoms with Gasteiger partial charge < -0.3 is 10.1 Å². The molecule has 3 aromatic rings. The molecule has 7 heteroatoms. The molecule has 0 atom stereocenters. The molecule has 0 aliphatic carbocycles. The lowest BCUT2D eigenvalue weighted by Crippen LogP contribution is -1.99. The average molecular weight is 309 g/mol. The second-order valence-corrected chi connectivity index (χ2v) is 5.30. The summed E-state index contributed by atoms with van der Waals surface area (Å²) in [6, 6.07) is 7.12. The second kappa shape index (κ2) is 5.96. The molecule has 0 amide bonds. The number of pyridine rings is 2. The van der Waals surface area contributed by atoms with E-state index in [2.05, 4.69) is 15.1 Å². The summed E-state index contributed by atoms with van der Waals surface area (Å²) in [4.78, 5) is 18.7. The molecule has 3 aromatic heterocycles. The fourth-order valence-electron chi connectivity index (χ4n) is 2.38. The first kappa shape index (κ1) is 14.8. The van der Waals surface area contributed by atoms with Crippen LogP contribution in [0.3, 0.4) is 0 Å². The third kappa shape index (κ3) is 3.23. The van der Waals surface area contributed by atoms with Gasteiger partial charge in [-0.3, -0.25) is 9.67 Å². The van der Waals surface area contributed by atoms with E-state index in [-0.39, 0.29) is 5.82 Å². The standard InChI is InChI=1S/C16H15N5O2/c1-11-13(3-4-16(19-11)21(22)23)7-12-5-6-17-15(8-12)14-9-18-20(2)10-14/h3-6,8-10H,7H2,1-2H3. The van der Waals surface area contributed by atoms with Crippen molar-refractivity contribution in [2.24, 2.45) is 7.05 Å². The third-order valence-electron chi connectivity index (χ3n) is 3.59. The zero-order valence-electron chi connectivity index (χ0n) is 12.8. The summed E-state index contributed by atoms with van der Waals surface area (Å²) >= 11 is 0. The molecule has 7 nitrogen and oxygen atoms in total. The van der Waals surface area contributed by atoms with Crippen LogP contribution in [0.5, 0.6) is 0 Å². The number of nitro groups is 1. The lowest BCUT2D eigenvalue weighted by molar-refractivity contribution is -0.389. The molecule has 0 aliphatic rings. The second-order valence-electron chi connectivity index (χ2n) is 5.30. The Morgan fingerprint density at radius 2 is 2.13 bits per heavy atom. The topological polar surface area (TPSA) is 86.7 Å². The van der Waals surface area contributed by atoms with Crippen LogP contribution in [-0.4, -0.2) is 24.7 Å². The van der Waals surface area contributed by atoms with Gasteiger partial charge in [0.1, 0.15) is 0 Å². The van der Waals surface area contributed by atoms with Gasteiger partial charge in [0.25, 0.3) is 0 Å². The van der Waals surface area contributed by atoms with Crippen LogP contribution in [0.2, 0.25) is 0 Å². The third-order valence-corrected chi connectivity index (χ3v) is 3.59. The van der Waals surface area contributed by atoms with Crippen LogP contribution in [0.1, 0.15) is 16.8 Å². The Hall–Kier alpha value is -3.09. The minimum Gasteiger partial charge on any atom is -0.358 e. The molecular formula is C16H15N5O2. The zero-order chi connectivity index (χ0) is 16.4. The van der Waals surface area contributed by atoms with Gasteiger partial charge in [0.15, 0.2) is 5.69 Å². The van der Waals surface area contributed by atoms with Gasteiger partial charge in [-0.25, -0.2) is 0 Å². The number of nitrogens with zero attached hydrogens (tertiary/aromatic N) is 5. The van der Waals surface area contributed by atoms with Crippen LogP contribution in [0, 0.1) is 17.0 Å². The Balaban J connectivity index is 1.87. The Kier molecular flexibility index (Phi) is 3.84. The first-order valence-electron chi connectivity index (χ1n) is 7.08. The molecule has 0 bridgehead atoms. The first-order chi connectivity index (χ1) is 11.0. The number of rotatable bonds is 4. The Morgan fingerprint density at radius 1 is 1.30 bits per heavy atom. The van der Waals surface area contributed by atoms with Gasteiger partial charge in [-0.15, -0.1) is 0 Å². The van der Waals surface area contributed by atoms with Gasteiger partial charge in [-0.1, -0.05) is 0 Å². The van der Waals surface area contributed by atoms with Crippen molar-refractivity contribution in [1.82, 2.24) is 19.7 Å². The summed E-state index contributed by atoms with van der Waals surface area (Å²) in [6.07, 6.45) is 6.08. The average Bonchev–Trinajstić information content (AvgIpc) is 2.96. The van der Waals surface area contributed by atoms with Crippen molar-refractivity contribution in [3.63, 3.8) is 0 Å². The monoisotopic (exact) mass is 309 g/mol. The molecule has 0 spiro atoms. The number of hydrogen-bond donors (Lipinski definition) is 0. The molecular weight excluding hydrogens is 294 g/mol. The normalized spacial score (nSPS) is 10.7. The molecule has 0 unspecified atom stereocenters. The highest BCUT2D eigenvalue weighted by Gasteiger charge is 2.12. The van der Waals surface area contributed by atoms with Crippen LogP contribution in [0.25, 0.3) is 11.3 Å². The number of aromatic nitrogens is 4. The SMILES string of the molecule is Cc1nc([N+](=O)[O-])ccc1Cc1ccnc(-c2cnn(C)c2)c1. The maximum atomic E-state index is 10.8. The Morgan fingerprint density at radius 3 is 2.78 bits per heavy atom. The van der Waals surface area contributed by atoms with E-state index in [1.54, 1.807) is 30.1 Å². The highest BCUT2D eigenvalue weighted by molar-refractivity contribution is 5.57. The fraction of sp³-hybridized carbons (Fsp3) is 0.188. The molecule has 0 fully saturated rings. The van der Waals surface area contributed by atoms with Crippen molar-refractivity contribution in [3.05, 3.63) is 69.8 Å². The molecule has 3 rings (SSSR count). The maximum absolute atomic E-state index is 10.8. The van der Waals surface area contributed by atoms with Gasteiger partial charge >= 0.3 is 5.82 Å². The van der Waals surface area contributed by atoms with E-state index in [0.717, 1.165) is 22.4 Å². The Bertz CT molecular complexity index is 872. The lowest BCUT2D eigenvalue weighted by Gasteiger charge is -2.05. The van der Waals surface area contributed by atoms with Gasteiger partial charge in [0.2, 0.25) is 0 Å². The van der Waals surface area contributed by atoms with Crippen LogP contribution < -0.4 is 0 Å². The molecule has 116 valence electrons. The predicted molar refractivity (Wildman–Crippen MR) is 84.9 cm³/mol. The smallest absolute Gasteiger partial charge is 0.358 e. The van der Waals surface area contributed by atoms with E-state index in [9.17, 15) is 10.1 Å². The van der Waals surface area contributed by atoms with E-state index in [0.29, 0.717) is 12.1 Å². The molecule has 23 heavy (non-hydrogen) atoms. The van der Waals surface area contributed by atoms with Crippen LogP contribution in [0.4, 0.5) is 5.82 Å². The van der Waals surface area contributed by atoms with Crippen molar-refractivity contribution in [1.29, 1.82) is 0 Å². The molecule has 3 heterocycles. The van der Waals surface area contributed by atoms with E-state index >= 15 is 0 Å². The number of hydrogen-bond acceptors (Lipinski definition) is 5. The van der Waals surface area contributed by atoms with Gasteiger partial charge in [-0.2, -0.15) is 5.10 Å². The van der Waals surface area contributed by atoms with Crippen LogP contribution in [-0.2, 0) is 13.5 Å². The van der Waals surface area contributed by atoms with Gasteiger partial charge in [-0.05, 0) is 33.7 Å². The van der Waals surface area contributed by atoms with E-state index in [1.165, 1.54) is 6.07 Å². The van der Waals surface area contributed by atoms with Gasteiger partial charge in [0, 0.05) is 50.0 Å². The summed E-state index contributed by atoms with van der Waals surface area (Å²) in [6.45, 7) is 1.78. The summed E-state index contributed by atoms with van der Waals surface area (Å²) in [5.41, 5.74) is 4.49. The predicted octanol–water partition coefficient (Wildman–Crippen LogP) is 2.68. The van der Waals surface area contributed by atoms with Crippen molar-refractivity contribution < 1.29 is 4.92 Å². The van der Waals surface area contributed by atoms with E-state index in [1.807, 2.05) is 25.4 Å². The van der Waals surface area contributed by atoms with Crippen molar-refractivity contribution in [2.75, 3.05) is 0 Å². The van der Waals surface area contributed by atoms with Crippen molar-refractivity contribution in [2.45, 2.75) is 13.3 Å². The van der Waals surface area contributed by atoms with Crippen molar-refractivity contribution >= 4 is 5.82 Å². The highest BCUT2D eigenvalue weighted by atomic mass is 16.6. The number of aryl methyl sites for hydroxylation is 2. The van der Waals surface area contributed by atoms with Gasteiger partial charge in [0.05, 0.1) is 11.9 Å². The molecule has 0 aliphatic heterocycles. The fourth-order valence-corrected chi connectivity index (χ4v) is 2.38. The minimum atomic E-state index is -0.482. The highest BCUT2D eigenvalue weighted by Crippen LogP contribution is 2.20. The zero-order valence-corrected chi connectivity index (χ0v) is 12.8. The van der Waals surface area contributed by atoms with E-state index < -0.39 is 4.92 Å². The Labute approximate surface area is 132 Å². The minimum absolute atomic E-state index is 0.128. The van der Waals surface area contributed by atoms with Crippen LogP contribution >= 0.6 is 0 Å². The maximum Gasteiger partial charge on any atom is 0.363 e.